The molecule has 0 aliphatic heterocycles. The maximum atomic E-state index is 12.6. The number of thiocarbonyl (C=S) groups is 1. The molecular weight excluding hydrogens is 434 g/mol. The van der Waals surface area contributed by atoms with Crippen LogP contribution in [-0.2, 0) is 0 Å². The van der Waals surface area contributed by atoms with Crippen molar-refractivity contribution in [2.75, 3.05) is 11.9 Å². The van der Waals surface area contributed by atoms with Crippen molar-refractivity contribution < 1.29 is 13.9 Å². The Hall–Kier alpha value is -3.71. The van der Waals surface area contributed by atoms with Gasteiger partial charge in [-0.3, -0.25) is 10.1 Å². The summed E-state index contributed by atoms with van der Waals surface area (Å²) < 4.78 is 11.4. The molecule has 0 aliphatic carbocycles. The van der Waals surface area contributed by atoms with Crippen LogP contribution >= 0.6 is 12.2 Å². The highest BCUT2D eigenvalue weighted by Gasteiger charge is 2.13. The molecule has 0 saturated heterocycles. The van der Waals surface area contributed by atoms with Gasteiger partial charge in [0.05, 0.1) is 6.61 Å². The normalized spacial score (nSPS) is 10.8. The van der Waals surface area contributed by atoms with Crippen LogP contribution in [0.15, 0.2) is 59.0 Å². The summed E-state index contributed by atoms with van der Waals surface area (Å²) in [6.07, 6.45) is 0. The van der Waals surface area contributed by atoms with Crippen LogP contribution in [0.5, 0.6) is 5.75 Å². The zero-order chi connectivity index (χ0) is 23.5. The van der Waals surface area contributed by atoms with E-state index in [4.69, 9.17) is 21.4 Å². The topological polar surface area (TPSA) is 76.4 Å². The van der Waals surface area contributed by atoms with Gasteiger partial charge in [0, 0.05) is 16.8 Å². The van der Waals surface area contributed by atoms with Crippen molar-refractivity contribution in [1.82, 2.24) is 10.3 Å². The van der Waals surface area contributed by atoms with Crippen LogP contribution in [0.4, 0.5) is 5.69 Å². The van der Waals surface area contributed by atoms with E-state index in [2.05, 4.69) is 22.5 Å². The number of hydrogen-bond acceptors (Lipinski definition) is 5. The van der Waals surface area contributed by atoms with E-state index in [9.17, 15) is 4.79 Å². The number of rotatable bonds is 5. The lowest BCUT2D eigenvalue weighted by Gasteiger charge is -2.13. The fraction of sp³-hybridized carbons (Fsp3) is 0.192. The molecule has 168 valence electrons. The Bertz CT molecular complexity index is 1320. The highest BCUT2D eigenvalue weighted by molar-refractivity contribution is 7.80. The first kappa shape index (κ1) is 22.5. The zero-order valence-corrected chi connectivity index (χ0v) is 19.8. The number of carbonyl (C=O) groups excluding carboxylic acids is 1. The lowest BCUT2D eigenvalue weighted by atomic mass is 10.1. The number of benzene rings is 3. The molecule has 3 aromatic carbocycles. The highest BCUT2D eigenvalue weighted by Crippen LogP contribution is 2.29. The van der Waals surface area contributed by atoms with E-state index < -0.39 is 0 Å². The minimum absolute atomic E-state index is 0.200. The first-order chi connectivity index (χ1) is 15.8. The summed E-state index contributed by atoms with van der Waals surface area (Å²) in [5.74, 6) is 0.851. The van der Waals surface area contributed by atoms with Gasteiger partial charge in [-0.25, -0.2) is 4.98 Å². The van der Waals surface area contributed by atoms with Crippen molar-refractivity contribution in [3.8, 4) is 17.2 Å². The van der Waals surface area contributed by atoms with Crippen LogP contribution in [0.3, 0.4) is 0 Å². The van der Waals surface area contributed by atoms with Gasteiger partial charge in [-0.2, -0.15) is 0 Å². The van der Waals surface area contributed by atoms with Gasteiger partial charge >= 0.3 is 0 Å². The molecular formula is C26H25N3O3S. The molecule has 2 N–H and O–H groups in total. The fourth-order valence-corrected chi connectivity index (χ4v) is 3.62. The molecule has 4 aromatic rings. The van der Waals surface area contributed by atoms with E-state index in [1.165, 1.54) is 5.56 Å². The van der Waals surface area contributed by atoms with Gasteiger partial charge in [0.25, 0.3) is 5.91 Å². The minimum Gasteiger partial charge on any atom is -0.494 e. The van der Waals surface area contributed by atoms with E-state index in [1.54, 1.807) is 24.3 Å². The van der Waals surface area contributed by atoms with Crippen LogP contribution < -0.4 is 15.4 Å². The van der Waals surface area contributed by atoms with E-state index in [-0.39, 0.29) is 11.0 Å². The van der Waals surface area contributed by atoms with Crippen molar-refractivity contribution in [2.24, 2.45) is 0 Å². The van der Waals surface area contributed by atoms with Crippen LogP contribution in [-0.4, -0.2) is 22.6 Å². The number of amides is 1. The number of ether oxygens (including phenoxy) is 1. The quantitative estimate of drug-likeness (QED) is 0.360. The summed E-state index contributed by atoms with van der Waals surface area (Å²) in [6, 6.07) is 16.8. The molecule has 0 fully saturated rings. The highest BCUT2D eigenvalue weighted by atomic mass is 32.1. The van der Waals surface area contributed by atoms with Gasteiger partial charge in [0.1, 0.15) is 11.3 Å². The molecule has 1 aromatic heterocycles. The molecule has 0 bridgehead atoms. The summed E-state index contributed by atoms with van der Waals surface area (Å²) >= 11 is 5.38. The number of hydrogen-bond donors (Lipinski definition) is 2. The summed E-state index contributed by atoms with van der Waals surface area (Å²) in [5.41, 5.74) is 6.90. The first-order valence-electron chi connectivity index (χ1n) is 10.7. The van der Waals surface area contributed by atoms with Gasteiger partial charge < -0.3 is 14.5 Å². The third-order valence-electron chi connectivity index (χ3n) is 5.37. The third kappa shape index (κ3) is 5.04. The molecule has 1 amide bonds. The number of nitrogens with zero attached hydrogens (tertiary/aromatic N) is 1. The predicted molar refractivity (Wildman–Crippen MR) is 135 cm³/mol. The average Bonchev–Trinajstić information content (AvgIpc) is 3.18. The zero-order valence-electron chi connectivity index (χ0n) is 19.0. The molecule has 6 nitrogen and oxygen atoms in total. The summed E-state index contributed by atoms with van der Waals surface area (Å²) in [7, 11) is 0. The van der Waals surface area contributed by atoms with Crippen molar-refractivity contribution in [1.29, 1.82) is 0 Å². The largest absolute Gasteiger partial charge is 0.494 e. The third-order valence-corrected chi connectivity index (χ3v) is 5.58. The lowest BCUT2D eigenvalue weighted by Crippen LogP contribution is -2.34. The van der Waals surface area contributed by atoms with Gasteiger partial charge in [-0.1, -0.05) is 12.1 Å². The molecule has 0 spiro atoms. The smallest absolute Gasteiger partial charge is 0.257 e. The predicted octanol–water partition coefficient (Wildman–Crippen LogP) is 5.95. The molecule has 33 heavy (non-hydrogen) atoms. The SMILES string of the molecule is CCOc1cccc(C(=O)NC(=S)Nc2cc(-c3nc4cc(C)c(C)cc4o3)ccc2C)c1. The maximum absolute atomic E-state index is 12.6. The number of aromatic nitrogens is 1. The number of aryl methyl sites for hydroxylation is 3. The van der Waals surface area contributed by atoms with Gasteiger partial charge in [0.2, 0.25) is 5.89 Å². The molecule has 7 heteroatoms. The molecule has 4 rings (SSSR count). The summed E-state index contributed by atoms with van der Waals surface area (Å²) in [4.78, 5) is 17.2. The molecule has 0 unspecified atom stereocenters. The second-order valence-corrected chi connectivity index (χ2v) is 8.23. The number of oxazole rings is 1. The Morgan fingerprint density at radius 2 is 1.82 bits per heavy atom. The van der Waals surface area contributed by atoms with Gasteiger partial charge in [0.15, 0.2) is 10.7 Å². The summed E-state index contributed by atoms with van der Waals surface area (Å²) in [5, 5.41) is 6.03. The standard InChI is InChI=1S/C26H25N3O3S/c1-5-31-20-8-6-7-18(13-20)24(30)29-26(33)28-21-14-19(10-9-15(21)2)25-27-22-11-16(3)17(4)12-23(22)32-25/h6-14H,5H2,1-4H3,(H2,28,29,30,33). The molecule has 0 atom stereocenters. The van der Waals surface area contributed by atoms with E-state index in [0.29, 0.717) is 23.8 Å². The molecule has 0 saturated carbocycles. The Morgan fingerprint density at radius 3 is 2.61 bits per heavy atom. The second kappa shape index (κ2) is 9.42. The number of fused-ring (bicyclic) bond motifs is 1. The van der Waals surface area contributed by atoms with Gasteiger partial charge in [-0.15, -0.1) is 0 Å². The molecule has 1 heterocycles. The van der Waals surface area contributed by atoms with Crippen LogP contribution in [0.25, 0.3) is 22.6 Å². The minimum atomic E-state index is -0.312. The molecule has 0 radical (unpaired) electrons. The van der Waals surface area contributed by atoms with Crippen LogP contribution in [0.1, 0.15) is 34.0 Å². The fourth-order valence-electron chi connectivity index (χ4n) is 3.42. The second-order valence-electron chi connectivity index (χ2n) is 7.82. The van der Waals surface area contributed by atoms with Crippen molar-refractivity contribution in [3.05, 3.63) is 76.9 Å². The molecule has 0 aliphatic rings. The van der Waals surface area contributed by atoms with Crippen molar-refractivity contribution in [3.63, 3.8) is 0 Å². The Kier molecular flexibility index (Phi) is 6.42. The average molecular weight is 460 g/mol. The lowest BCUT2D eigenvalue weighted by molar-refractivity contribution is 0.0977. The Balaban J connectivity index is 1.52. The number of nitrogens with one attached hydrogen (secondary N) is 2. The van der Waals surface area contributed by atoms with Crippen molar-refractivity contribution >= 4 is 40.0 Å². The van der Waals surface area contributed by atoms with Crippen molar-refractivity contribution in [2.45, 2.75) is 27.7 Å². The van der Waals surface area contributed by atoms with E-state index in [1.807, 2.05) is 51.1 Å². The van der Waals surface area contributed by atoms with Crippen LogP contribution in [0.2, 0.25) is 0 Å². The number of carbonyl (C=O) groups is 1. The number of anilines is 1. The Labute approximate surface area is 198 Å². The van der Waals surface area contributed by atoms with E-state index >= 15 is 0 Å². The first-order valence-corrected chi connectivity index (χ1v) is 11.1. The maximum Gasteiger partial charge on any atom is 0.257 e. The summed E-state index contributed by atoms with van der Waals surface area (Å²) in [6.45, 7) is 8.48. The van der Waals surface area contributed by atoms with Crippen LogP contribution in [0, 0.1) is 20.8 Å². The van der Waals surface area contributed by atoms with E-state index in [0.717, 1.165) is 33.5 Å². The monoisotopic (exact) mass is 459 g/mol. The Morgan fingerprint density at radius 1 is 1.03 bits per heavy atom. The van der Waals surface area contributed by atoms with Gasteiger partial charge in [-0.05, 0) is 99.1 Å².